The zero-order valence-corrected chi connectivity index (χ0v) is 15.8. The van der Waals surface area contributed by atoms with Crippen molar-refractivity contribution in [2.24, 2.45) is 0 Å². The smallest absolute Gasteiger partial charge is 0.343 e. The maximum Gasteiger partial charge on any atom is 0.343 e. The number of fused-ring (bicyclic) bond motifs is 3. The minimum atomic E-state index is -0.469. The summed E-state index contributed by atoms with van der Waals surface area (Å²) in [5.74, 6) is 0.817. The fourth-order valence-corrected chi connectivity index (χ4v) is 3.57. The average molecular weight is 372 g/mol. The van der Waals surface area contributed by atoms with Crippen LogP contribution in [0, 0.1) is 0 Å². The van der Waals surface area contributed by atoms with Crippen molar-refractivity contribution < 1.29 is 19.1 Å². The fourth-order valence-electron chi connectivity index (χ4n) is 3.57. The summed E-state index contributed by atoms with van der Waals surface area (Å²) in [6.07, 6.45) is 1.79. The molecule has 140 valence electrons. The van der Waals surface area contributed by atoms with Gasteiger partial charge in [-0.2, -0.15) is 0 Å². The SMILES string of the molecule is COc1ccc2c(c1)CCc1cc(OC(=O)c3cccc(C(C)=O)c3)ccc1-2. The van der Waals surface area contributed by atoms with E-state index in [0.717, 1.165) is 29.7 Å². The van der Waals surface area contributed by atoms with Gasteiger partial charge in [0.25, 0.3) is 0 Å². The van der Waals surface area contributed by atoms with Gasteiger partial charge in [0.2, 0.25) is 0 Å². The molecule has 0 radical (unpaired) electrons. The molecule has 1 aliphatic carbocycles. The highest BCUT2D eigenvalue weighted by molar-refractivity contribution is 5.98. The van der Waals surface area contributed by atoms with Crippen LogP contribution in [0.5, 0.6) is 11.5 Å². The van der Waals surface area contributed by atoms with Gasteiger partial charge in [0, 0.05) is 5.56 Å². The standard InChI is InChI=1S/C24H20O4/c1-15(25)16-4-3-5-19(12-16)24(26)28-21-9-11-23-18(14-21)7-6-17-13-20(27-2)8-10-22(17)23/h3-5,8-14H,6-7H2,1-2H3. The zero-order chi connectivity index (χ0) is 19.7. The van der Waals surface area contributed by atoms with Gasteiger partial charge in [-0.25, -0.2) is 4.79 Å². The number of hydrogen-bond acceptors (Lipinski definition) is 4. The third-order valence-corrected chi connectivity index (χ3v) is 5.06. The summed E-state index contributed by atoms with van der Waals surface area (Å²) in [7, 11) is 1.67. The van der Waals surface area contributed by atoms with E-state index in [9.17, 15) is 9.59 Å². The normalized spacial score (nSPS) is 11.9. The molecule has 0 aromatic heterocycles. The largest absolute Gasteiger partial charge is 0.497 e. The highest BCUT2D eigenvalue weighted by Gasteiger charge is 2.18. The van der Waals surface area contributed by atoms with E-state index in [0.29, 0.717) is 16.9 Å². The van der Waals surface area contributed by atoms with E-state index < -0.39 is 5.97 Å². The molecule has 4 rings (SSSR count). The maximum atomic E-state index is 12.5. The Morgan fingerprint density at radius 1 is 0.786 bits per heavy atom. The van der Waals surface area contributed by atoms with E-state index in [1.54, 1.807) is 31.4 Å². The Kier molecular flexibility index (Phi) is 4.70. The molecule has 28 heavy (non-hydrogen) atoms. The molecule has 4 heteroatoms. The Balaban J connectivity index is 1.59. The molecule has 4 nitrogen and oxygen atoms in total. The second kappa shape index (κ2) is 7.31. The lowest BCUT2D eigenvalue weighted by Gasteiger charge is -2.21. The van der Waals surface area contributed by atoms with Crippen molar-refractivity contribution in [1.82, 2.24) is 0 Å². The average Bonchev–Trinajstić information content (AvgIpc) is 2.73. The van der Waals surface area contributed by atoms with Gasteiger partial charge in [-0.1, -0.05) is 24.3 Å². The van der Waals surface area contributed by atoms with Crippen molar-refractivity contribution in [3.8, 4) is 22.6 Å². The van der Waals surface area contributed by atoms with Crippen LogP contribution in [0.3, 0.4) is 0 Å². The monoisotopic (exact) mass is 372 g/mol. The van der Waals surface area contributed by atoms with Crippen molar-refractivity contribution in [3.63, 3.8) is 0 Å². The van der Waals surface area contributed by atoms with Crippen molar-refractivity contribution >= 4 is 11.8 Å². The van der Waals surface area contributed by atoms with Crippen molar-refractivity contribution in [3.05, 3.63) is 82.9 Å². The van der Waals surface area contributed by atoms with Crippen LogP contribution in [0.2, 0.25) is 0 Å². The molecule has 1 aliphatic rings. The molecular formula is C24H20O4. The molecule has 3 aromatic rings. The Labute approximate surface area is 163 Å². The van der Waals surface area contributed by atoms with Crippen LogP contribution >= 0.6 is 0 Å². The minimum absolute atomic E-state index is 0.0845. The number of ether oxygens (including phenoxy) is 2. The zero-order valence-electron chi connectivity index (χ0n) is 15.8. The van der Waals surface area contributed by atoms with Crippen LogP contribution in [0.25, 0.3) is 11.1 Å². The van der Waals surface area contributed by atoms with E-state index in [1.807, 2.05) is 24.3 Å². The Morgan fingerprint density at radius 3 is 2.04 bits per heavy atom. The number of ketones is 1. The minimum Gasteiger partial charge on any atom is -0.497 e. The fraction of sp³-hybridized carbons (Fsp3) is 0.167. The van der Waals surface area contributed by atoms with Gasteiger partial charge in [0.1, 0.15) is 11.5 Å². The molecule has 0 saturated carbocycles. The second-order valence-corrected chi connectivity index (χ2v) is 6.87. The third kappa shape index (κ3) is 3.41. The van der Waals surface area contributed by atoms with E-state index in [-0.39, 0.29) is 5.78 Å². The molecule has 0 unspecified atom stereocenters. The third-order valence-electron chi connectivity index (χ3n) is 5.06. The number of hydrogen-bond donors (Lipinski definition) is 0. The van der Waals surface area contributed by atoms with Crippen LogP contribution in [-0.4, -0.2) is 18.9 Å². The molecular weight excluding hydrogens is 352 g/mol. The van der Waals surface area contributed by atoms with Crippen LogP contribution in [0.1, 0.15) is 38.8 Å². The summed E-state index contributed by atoms with van der Waals surface area (Å²) in [6.45, 7) is 1.47. The molecule has 0 saturated heterocycles. The first kappa shape index (κ1) is 18.0. The number of carbonyl (C=O) groups is 2. The van der Waals surface area contributed by atoms with E-state index in [1.165, 1.54) is 18.1 Å². The van der Waals surface area contributed by atoms with Gasteiger partial charge >= 0.3 is 5.97 Å². The quantitative estimate of drug-likeness (QED) is 0.372. The Bertz CT molecular complexity index is 1080. The van der Waals surface area contributed by atoms with Gasteiger partial charge in [-0.15, -0.1) is 0 Å². The number of rotatable bonds is 4. The van der Waals surface area contributed by atoms with Crippen molar-refractivity contribution in [2.45, 2.75) is 19.8 Å². The molecule has 0 aliphatic heterocycles. The lowest BCUT2D eigenvalue weighted by atomic mass is 9.85. The molecule has 0 N–H and O–H groups in total. The maximum absolute atomic E-state index is 12.5. The lowest BCUT2D eigenvalue weighted by molar-refractivity contribution is 0.0734. The first-order valence-corrected chi connectivity index (χ1v) is 9.18. The highest BCUT2D eigenvalue weighted by Crippen LogP contribution is 2.37. The van der Waals surface area contributed by atoms with Crippen LogP contribution < -0.4 is 9.47 Å². The molecule has 0 fully saturated rings. The predicted molar refractivity (Wildman–Crippen MR) is 107 cm³/mol. The number of aryl methyl sites for hydroxylation is 2. The van der Waals surface area contributed by atoms with Crippen molar-refractivity contribution in [2.75, 3.05) is 7.11 Å². The molecule has 0 spiro atoms. The molecule has 0 bridgehead atoms. The molecule has 0 atom stereocenters. The molecule has 0 amide bonds. The van der Waals surface area contributed by atoms with E-state index in [2.05, 4.69) is 12.1 Å². The first-order valence-electron chi connectivity index (χ1n) is 9.18. The Morgan fingerprint density at radius 2 is 1.39 bits per heavy atom. The van der Waals surface area contributed by atoms with E-state index in [4.69, 9.17) is 9.47 Å². The lowest BCUT2D eigenvalue weighted by Crippen LogP contribution is -2.10. The summed E-state index contributed by atoms with van der Waals surface area (Å²) >= 11 is 0. The summed E-state index contributed by atoms with van der Waals surface area (Å²) in [5, 5.41) is 0. The second-order valence-electron chi connectivity index (χ2n) is 6.87. The molecule has 0 heterocycles. The summed E-state index contributed by atoms with van der Waals surface area (Å²) in [5.41, 5.74) is 5.62. The van der Waals surface area contributed by atoms with Gasteiger partial charge in [-0.3, -0.25) is 4.79 Å². The van der Waals surface area contributed by atoms with Gasteiger partial charge < -0.3 is 9.47 Å². The summed E-state index contributed by atoms with van der Waals surface area (Å²) < 4.78 is 10.9. The summed E-state index contributed by atoms with van der Waals surface area (Å²) in [4.78, 5) is 24.0. The van der Waals surface area contributed by atoms with Gasteiger partial charge in [0.15, 0.2) is 5.78 Å². The van der Waals surface area contributed by atoms with Gasteiger partial charge in [0.05, 0.1) is 12.7 Å². The van der Waals surface area contributed by atoms with Crippen LogP contribution in [-0.2, 0) is 12.8 Å². The number of carbonyl (C=O) groups excluding carboxylic acids is 2. The van der Waals surface area contributed by atoms with E-state index >= 15 is 0 Å². The van der Waals surface area contributed by atoms with Crippen LogP contribution in [0.4, 0.5) is 0 Å². The Hall–Kier alpha value is -3.40. The number of Topliss-reactive ketones (excluding diaryl/α,β-unsaturated/α-hetero) is 1. The summed E-state index contributed by atoms with van der Waals surface area (Å²) in [6, 6.07) is 18.4. The first-order chi connectivity index (χ1) is 13.5. The topological polar surface area (TPSA) is 52.6 Å². The van der Waals surface area contributed by atoms with Gasteiger partial charge in [-0.05, 0) is 78.4 Å². The molecule has 3 aromatic carbocycles. The van der Waals surface area contributed by atoms with Crippen LogP contribution in [0.15, 0.2) is 60.7 Å². The number of benzene rings is 3. The predicted octanol–water partition coefficient (Wildman–Crippen LogP) is 4.88. The highest BCUT2D eigenvalue weighted by atomic mass is 16.5. The number of methoxy groups -OCH3 is 1. The van der Waals surface area contributed by atoms with Crippen molar-refractivity contribution in [1.29, 1.82) is 0 Å². The number of esters is 1.